The number of carbonyl (C=O) groups excluding carboxylic acids is 8. The highest BCUT2D eigenvalue weighted by molar-refractivity contribution is 9.10. The molecule has 10 aromatic rings. The smallest absolute Gasteiger partial charge is 0.444 e. The van der Waals surface area contributed by atoms with Gasteiger partial charge in [0.1, 0.15) is 67.2 Å². The molecule has 4 N–H and O–H groups in total. The van der Waals surface area contributed by atoms with Gasteiger partial charge in [-0.15, -0.1) is 0 Å². The van der Waals surface area contributed by atoms with E-state index >= 15 is 0 Å². The molecule has 9 aromatic heterocycles. The number of Topliss-reactive ketones (excluding diaryl/α,β-unsaturated/α-hetero) is 1. The van der Waals surface area contributed by atoms with Gasteiger partial charge in [0.05, 0.1) is 120 Å². The van der Waals surface area contributed by atoms with Crippen molar-refractivity contribution in [2.75, 3.05) is 90.0 Å². The first-order valence-corrected chi connectivity index (χ1v) is 49.2. The Morgan fingerprint density at radius 3 is 1.37 bits per heavy atom. The average Bonchev–Trinajstić information content (AvgIpc) is 1.58. The molecule has 10 aliphatic rings. The third-order valence-electron chi connectivity index (χ3n) is 26.4. The first-order valence-electron chi connectivity index (χ1n) is 47.7. The zero-order chi connectivity index (χ0) is 102. The van der Waals surface area contributed by atoms with Gasteiger partial charge >= 0.3 is 37.6 Å². The number of ketones is 1. The predicted molar refractivity (Wildman–Crippen MR) is 542 cm³/mol. The van der Waals surface area contributed by atoms with Crippen molar-refractivity contribution >= 4 is 168 Å². The topological polar surface area (TPSA) is 416 Å². The summed E-state index contributed by atoms with van der Waals surface area (Å²) in [7, 11) is 3.67. The van der Waals surface area contributed by atoms with Gasteiger partial charge in [0.2, 0.25) is 0 Å². The number of likely N-dealkylation sites (tertiary alicyclic amines) is 3. The number of carbonyl (C=O) groups is 8. The van der Waals surface area contributed by atoms with Gasteiger partial charge < -0.3 is 87.9 Å². The number of nitrogens with zero attached hydrogens (tertiary/aromatic N) is 20. The number of nitrogens with one attached hydrogen (secondary N) is 2. The van der Waals surface area contributed by atoms with Crippen molar-refractivity contribution in [3.63, 3.8) is 0 Å². The van der Waals surface area contributed by atoms with E-state index in [0.29, 0.717) is 125 Å². The van der Waals surface area contributed by atoms with Gasteiger partial charge in [0, 0.05) is 165 Å². The number of amides is 7. The standard InChI is InChI=1S/C35H41N9O5.C27H34ClN7O5.C15H20BNO2.C15H23N5O2.C8H5BrClNO/c1-34(2,3)48-32(46)42-17-20-9-13-43(25(20)19-42)27-16-36-15-26(40-27)39-24-14-38-29(21-8-11-37-30-22(21)10-12-41(30)7)23-18-44(31(45)28(23)24)33(47)49-35(4,5)6;1-26(2,3)39-24(37)33-12-15-7-8-34(18(15)14-33)20-11-29-10-19(32-20)31-17-9-30-22(28)16-13-35(23(36)21(16)17)25(38)40-27(4,5)6;1-14(2)15(3,4)19-16(18-14)12-7-6-8-13-11(12)9-10-17(13)5;1-15(2,3)22-14(21)19-8-10-4-5-20(11(10)9-19)13-7-17-6-12(16)18-13;9-5-3-11-8(10)4-1-2-6(12)7(4)5/h8,10-12,14-16,20,25H,9,13,17-19H2,1-7H3,(H,39,40);9-11,15,18H,7-8,12-14H2,1-6H3,(H,31,32);6-10H,1-5H3;6-7,10-11H,4-5,8-9H2,1-3H3,(H2,16,18);3H,1-2H2. The molecule has 7 saturated heterocycles. The van der Waals surface area contributed by atoms with Crippen molar-refractivity contribution in [2.45, 2.75) is 234 Å². The Labute approximate surface area is 843 Å². The second-order valence-corrected chi connectivity index (χ2v) is 44.7. The maximum atomic E-state index is 14.0. The number of aryl methyl sites for hydroxylation is 2. The first-order chi connectivity index (χ1) is 66.7. The highest BCUT2D eigenvalue weighted by atomic mass is 79.9. The number of fused-ring (bicyclic) bond motifs is 8. The Hall–Kier alpha value is -12.7. The van der Waals surface area contributed by atoms with Crippen LogP contribution in [0.25, 0.3) is 33.2 Å². The molecule has 20 rings (SSSR count). The van der Waals surface area contributed by atoms with Crippen LogP contribution < -0.4 is 36.5 Å². The van der Waals surface area contributed by atoms with Gasteiger partial charge in [-0.3, -0.25) is 34.3 Å². The number of nitrogens with two attached hydrogens (primary N) is 1. The molecular formula is C100H123BBrCl2N23O15. The van der Waals surface area contributed by atoms with Crippen LogP contribution in [0.1, 0.15) is 205 Å². The second kappa shape index (κ2) is 39.6. The molecule has 6 atom stereocenters. The van der Waals surface area contributed by atoms with Crippen molar-refractivity contribution in [2.24, 2.45) is 31.8 Å². The molecule has 0 saturated carbocycles. The molecule has 1 aromatic carbocycles. The minimum atomic E-state index is -0.788. The molecule has 0 spiro atoms. The Kier molecular flexibility index (Phi) is 28.5. The zero-order valence-electron chi connectivity index (χ0n) is 84.0. The number of rotatable bonds is 9. The van der Waals surface area contributed by atoms with E-state index in [-0.39, 0.29) is 84.3 Å². The second-order valence-electron chi connectivity index (χ2n) is 43.1. The lowest BCUT2D eigenvalue weighted by Crippen LogP contribution is -2.41. The van der Waals surface area contributed by atoms with Gasteiger partial charge in [-0.05, 0) is 208 Å². The number of imide groups is 2. The van der Waals surface area contributed by atoms with Gasteiger partial charge in [0.25, 0.3) is 11.8 Å². The van der Waals surface area contributed by atoms with Crippen LogP contribution in [0.5, 0.6) is 0 Å². The summed E-state index contributed by atoms with van der Waals surface area (Å²) >= 11 is 15.4. The van der Waals surface area contributed by atoms with Crippen LogP contribution >= 0.6 is 39.1 Å². The third-order valence-corrected chi connectivity index (χ3v) is 27.7. The Morgan fingerprint density at radius 2 is 0.901 bits per heavy atom. The fourth-order valence-corrected chi connectivity index (χ4v) is 20.3. The average molecular weight is 2050 g/mol. The first kappa shape index (κ1) is 102. The summed E-state index contributed by atoms with van der Waals surface area (Å²) in [5, 5.41) is 9.09. The van der Waals surface area contributed by atoms with Crippen molar-refractivity contribution in [3.05, 3.63) is 159 Å². The predicted octanol–water partition coefficient (Wildman–Crippen LogP) is 16.7. The molecule has 7 fully saturated rings. The van der Waals surface area contributed by atoms with E-state index in [4.69, 9.17) is 76.9 Å². The zero-order valence-corrected chi connectivity index (χ0v) is 87.1. The fraction of sp³-hybridized carbons (Fsp3) is 0.500. The summed E-state index contributed by atoms with van der Waals surface area (Å²) < 4.78 is 44.7. The van der Waals surface area contributed by atoms with Crippen molar-refractivity contribution in [1.29, 1.82) is 0 Å². The van der Waals surface area contributed by atoms with Gasteiger partial charge in [0.15, 0.2) is 17.4 Å². The van der Waals surface area contributed by atoms with E-state index in [1.54, 1.807) is 112 Å². The van der Waals surface area contributed by atoms with Crippen LogP contribution in [-0.2, 0) is 66.6 Å². The Bertz CT molecular complexity index is 6550. The molecule has 1 aliphatic carbocycles. The molecule has 7 amide bonds. The lowest BCUT2D eigenvalue weighted by molar-refractivity contribution is 0.00578. The van der Waals surface area contributed by atoms with Crippen LogP contribution in [0.4, 0.5) is 70.3 Å². The highest BCUT2D eigenvalue weighted by Gasteiger charge is 2.54. The summed E-state index contributed by atoms with van der Waals surface area (Å²) in [6.45, 7) is 41.8. The molecule has 752 valence electrons. The third kappa shape index (κ3) is 22.2. The van der Waals surface area contributed by atoms with E-state index in [1.165, 1.54) is 17.1 Å². The number of benzene rings is 1. The van der Waals surface area contributed by atoms with E-state index in [2.05, 4.69) is 146 Å². The number of ether oxygens (including phenoxy) is 5. The maximum Gasteiger partial charge on any atom is 0.495 e. The normalized spacial score (nSPS) is 20.2. The van der Waals surface area contributed by atoms with Crippen molar-refractivity contribution in [3.8, 4) is 11.3 Å². The van der Waals surface area contributed by atoms with E-state index < -0.39 is 52.0 Å². The molecule has 0 radical (unpaired) electrons. The SMILES string of the molecule is CC(C)(C)OC(=O)N1CC2CCN(c3cncc(N)n3)C2C1.CC(C)(C)OC(=O)N1CC2CCN(c3cncc(Nc4cnc(Cl)c5c4C(=O)N(C(=O)OC(C)(C)C)C5)n3)C2C1.Cn1ccc2c(-c3ncc(Nc4cncc(N5CCC6CN(C(=O)OC(C)(C)C)CC65)n4)c4c3CN(C(=O)OC(C)(C)C)C4=O)ccnc21.Cn1ccc2c(B3OC(C)(C)C(C)(C)O3)cccc21.O=C1CCc2c(Cl)ncc(Br)c21. The number of nitrogen functional groups attached to an aromatic ring is 1. The van der Waals surface area contributed by atoms with Crippen LogP contribution in [0, 0.1) is 17.8 Å². The quantitative estimate of drug-likeness (QED) is 0.0686. The molecule has 6 unspecified atom stereocenters. The summed E-state index contributed by atoms with van der Waals surface area (Å²) in [6.07, 6.45) is 21.9. The molecular weight excluding hydrogens is 1920 g/mol. The van der Waals surface area contributed by atoms with E-state index in [0.717, 1.165) is 105 Å². The summed E-state index contributed by atoms with van der Waals surface area (Å²) in [6, 6.07) is 12.7. The monoisotopic (exact) mass is 2050 g/mol. The number of halogens is 3. The Balaban J connectivity index is 0.000000138. The maximum absolute atomic E-state index is 14.0. The lowest BCUT2D eigenvalue weighted by Gasteiger charge is -2.32. The molecule has 38 nitrogen and oxygen atoms in total. The van der Waals surface area contributed by atoms with E-state index in [9.17, 15) is 38.4 Å². The van der Waals surface area contributed by atoms with Crippen LogP contribution in [0.15, 0.2) is 115 Å². The number of hydrogen-bond acceptors (Lipinski definition) is 31. The van der Waals surface area contributed by atoms with Gasteiger partial charge in [-0.1, -0.05) is 35.3 Å². The van der Waals surface area contributed by atoms with Crippen molar-refractivity contribution < 1.29 is 71.3 Å². The van der Waals surface area contributed by atoms with E-state index in [1.807, 2.05) is 92.3 Å². The van der Waals surface area contributed by atoms with Crippen molar-refractivity contribution in [1.82, 2.24) is 83.5 Å². The fourth-order valence-electron chi connectivity index (χ4n) is 19.3. The minimum Gasteiger partial charge on any atom is -0.444 e. The van der Waals surface area contributed by atoms with Crippen LogP contribution in [-0.4, -0.2) is 255 Å². The highest BCUT2D eigenvalue weighted by Crippen LogP contribution is 2.45. The van der Waals surface area contributed by atoms with Crippen LogP contribution in [0.3, 0.4) is 0 Å². The lowest BCUT2D eigenvalue weighted by atomic mass is 9.77. The molecule has 9 aliphatic heterocycles. The van der Waals surface area contributed by atoms with Gasteiger partial charge in [-0.25, -0.2) is 63.7 Å². The molecule has 18 heterocycles. The summed E-state index contributed by atoms with van der Waals surface area (Å²) in [4.78, 5) is 161. The number of pyridine rings is 4. The Morgan fingerprint density at radius 1 is 0.479 bits per heavy atom. The number of hydrogen-bond donors (Lipinski definition) is 3. The number of anilines is 8. The summed E-state index contributed by atoms with van der Waals surface area (Å²) in [5.74, 6) is 3.54. The molecule has 42 heteroatoms. The van der Waals surface area contributed by atoms with Gasteiger partial charge in [-0.2, -0.15) is 0 Å². The summed E-state index contributed by atoms with van der Waals surface area (Å²) in [5.41, 5.74) is 10.4. The minimum absolute atomic E-state index is 0.00566. The van der Waals surface area contributed by atoms with Crippen LogP contribution in [0.2, 0.25) is 10.3 Å². The number of aromatic nitrogens is 12. The molecule has 0 bridgehead atoms. The molecule has 142 heavy (non-hydrogen) atoms. The largest absolute Gasteiger partial charge is 0.495 e.